The summed E-state index contributed by atoms with van der Waals surface area (Å²) in [6, 6.07) is 8.88. The second kappa shape index (κ2) is 5.83. The molecular formula is C16H24N2O. The normalized spacial score (nSPS) is 27.3. The highest BCUT2D eigenvalue weighted by Gasteiger charge is 2.23. The molecule has 2 N–H and O–H groups in total. The molecule has 1 heterocycles. The number of anilines is 1. The molecule has 3 rings (SSSR count). The van der Waals surface area contributed by atoms with Gasteiger partial charge in [0.2, 0.25) is 0 Å². The molecule has 1 fully saturated rings. The van der Waals surface area contributed by atoms with Crippen molar-refractivity contribution in [3.05, 3.63) is 24.3 Å². The number of nitrogens with zero attached hydrogens (tertiary/aromatic N) is 1. The van der Waals surface area contributed by atoms with Crippen LogP contribution in [0.5, 0.6) is 5.75 Å². The highest BCUT2D eigenvalue weighted by atomic mass is 16.5. The summed E-state index contributed by atoms with van der Waals surface area (Å²) in [5, 5.41) is 0. The fourth-order valence-electron chi connectivity index (χ4n) is 3.27. The number of nitrogens with two attached hydrogens (primary N) is 1. The SMILES string of the molecule is NC1CCC(CN2CCCOc3ccccc32)CC1. The summed E-state index contributed by atoms with van der Waals surface area (Å²) in [5.41, 5.74) is 7.27. The Morgan fingerprint density at radius 2 is 1.95 bits per heavy atom. The Hall–Kier alpha value is -1.22. The quantitative estimate of drug-likeness (QED) is 0.888. The van der Waals surface area contributed by atoms with Gasteiger partial charge in [0.25, 0.3) is 0 Å². The van der Waals surface area contributed by atoms with Crippen LogP contribution in [-0.2, 0) is 0 Å². The molecule has 19 heavy (non-hydrogen) atoms. The van der Waals surface area contributed by atoms with E-state index in [9.17, 15) is 0 Å². The third-order valence-electron chi connectivity index (χ3n) is 4.41. The summed E-state index contributed by atoms with van der Waals surface area (Å²) in [5.74, 6) is 1.85. The average Bonchev–Trinajstić information content (AvgIpc) is 2.64. The van der Waals surface area contributed by atoms with Gasteiger partial charge in [0, 0.05) is 19.1 Å². The van der Waals surface area contributed by atoms with Gasteiger partial charge in [0.15, 0.2) is 0 Å². The lowest BCUT2D eigenvalue weighted by atomic mass is 9.86. The molecule has 0 bridgehead atoms. The van der Waals surface area contributed by atoms with Gasteiger partial charge in [-0.2, -0.15) is 0 Å². The molecule has 104 valence electrons. The van der Waals surface area contributed by atoms with E-state index in [-0.39, 0.29) is 0 Å². The van der Waals surface area contributed by atoms with Crippen LogP contribution in [0.15, 0.2) is 24.3 Å². The number of rotatable bonds is 2. The van der Waals surface area contributed by atoms with E-state index < -0.39 is 0 Å². The maximum absolute atomic E-state index is 6.00. The zero-order valence-corrected chi connectivity index (χ0v) is 11.6. The zero-order valence-electron chi connectivity index (χ0n) is 11.6. The number of fused-ring (bicyclic) bond motifs is 1. The topological polar surface area (TPSA) is 38.5 Å². The number of ether oxygens (including phenoxy) is 1. The van der Waals surface area contributed by atoms with E-state index >= 15 is 0 Å². The standard InChI is InChI=1S/C16H24N2O/c17-14-8-6-13(7-9-14)12-18-10-3-11-19-16-5-2-1-4-15(16)18/h1-2,4-5,13-14H,3,6-12,17H2. The van der Waals surface area contributed by atoms with Crippen LogP contribution in [0.2, 0.25) is 0 Å². The predicted molar refractivity (Wildman–Crippen MR) is 78.7 cm³/mol. The molecule has 0 amide bonds. The first kappa shape index (κ1) is 12.8. The average molecular weight is 260 g/mol. The van der Waals surface area contributed by atoms with Crippen molar-refractivity contribution in [2.75, 3.05) is 24.6 Å². The Morgan fingerprint density at radius 3 is 2.79 bits per heavy atom. The maximum Gasteiger partial charge on any atom is 0.142 e. The molecule has 0 saturated heterocycles. The van der Waals surface area contributed by atoms with Crippen LogP contribution in [0, 0.1) is 5.92 Å². The van der Waals surface area contributed by atoms with Gasteiger partial charge in [0.05, 0.1) is 12.3 Å². The molecule has 0 atom stereocenters. The summed E-state index contributed by atoms with van der Waals surface area (Å²) in [6.07, 6.45) is 6.05. The Morgan fingerprint density at radius 1 is 1.16 bits per heavy atom. The Balaban J connectivity index is 1.70. The summed E-state index contributed by atoms with van der Waals surface area (Å²) in [7, 11) is 0. The summed E-state index contributed by atoms with van der Waals surface area (Å²) in [6.45, 7) is 3.11. The van der Waals surface area contributed by atoms with Gasteiger partial charge in [0.1, 0.15) is 5.75 Å². The fraction of sp³-hybridized carbons (Fsp3) is 0.625. The molecule has 1 aromatic rings. The van der Waals surface area contributed by atoms with Crippen LogP contribution in [0.1, 0.15) is 32.1 Å². The number of hydrogen-bond donors (Lipinski definition) is 1. The van der Waals surface area contributed by atoms with E-state index in [1.165, 1.54) is 31.4 Å². The van der Waals surface area contributed by atoms with Crippen molar-refractivity contribution in [2.24, 2.45) is 11.7 Å². The zero-order chi connectivity index (χ0) is 13.1. The van der Waals surface area contributed by atoms with Crippen LogP contribution in [0.25, 0.3) is 0 Å². The third kappa shape index (κ3) is 3.03. The highest BCUT2D eigenvalue weighted by molar-refractivity contribution is 5.58. The lowest BCUT2D eigenvalue weighted by Crippen LogP contribution is -2.34. The van der Waals surface area contributed by atoms with Crippen LogP contribution < -0.4 is 15.4 Å². The number of para-hydroxylation sites is 2. The first-order chi connectivity index (χ1) is 9.33. The molecule has 0 radical (unpaired) electrons. The molecule has 3 heteroatoms. The van der Waals surface area contributed by atoms with Gasteiger partial charge in [-0.1, -0.05) is 12.1 Å². The van der Waals surface area contributed by atoms with Gasteiger partial charge in [-0.15, -0.1) is 0 Å². The van der Waals surface area contributed by atoms with Gasteiger partial charge < -0.3 is 15.4 Å². The molecular weight excluding hydrogens is 236 g/mol. The third-order valence-corrected chi connectivity index (χ3v) is 4.41. The summed E-state index contributed by atoms with van der Waals surface area (Å²) >= 11 is 0. The predicted octanol–water partition coefficient (Wildman–Crippen LogP) is 2.79. The maximum atomic E-state index is 6.00. The summed E-state index contributed by atoms with van der Waals surface area (Å²) in [4.78, 5) is 2.52. The van der Waals surface area contributed by atoms with Crippen LogP contribution in [0.3, 0.4) is 0 Å². The van der Waals surface area contributed by atoms with Crippen molar-refractivity contribution in [1.82, 2.24) is 0 Å². The smallest absolute Gasteiger partial charge is 0.142 e. The molecule has 1 saturated carbocycles. The molecule has 1 aliphatic heterocycles. The molecule has 0 spiro atoms. The Labute approximate surface area is 115 Å². The van der Waals surface area contributed by atoms with E-state index in [0.29, 0.717) is 6.04 Å². The minimum Gasteiger partial charge on any atom is -0.491 e. The van der Waals surface area contributed by atoms with Crippen molar-refractivity contribution in [2.45, 2.75) is 38.1 Å². The van der Waals surface area contributed by atoms with E-state index in [0.717, 1.165) is 37.8 Å². The van der Waals surface area contributed by atoms with Crippen LogP contribution in [-0.4, -0.2) is 25.7 Å². The first-order valence-corrected chi connectivity index (χ1v) is 7.55. The van der Waals surface area contributed by atoms with Crippen LogP contribution in [0.4, 0.5) is 5.69 Å². The van der Waals surface area contributed by atoms with Crippen LogP contribution >= 0.6 is 0 Å². The van der Waals surface area contributed by atoms with E-state index in [1.54, 1.807) is 0 Å². The van der Waals surface area contributed by atoms with Gasteiger partial charge >= 0.3 is 0 Å². The highest BCUT2D eigenvalue weighted by Crippen LogP contribution is 2.33. The van der Waals surface area contributed by atoms with E-state index in [1.807, 2.05) is 0 Å². The Kier molecular flexibility index (Phi) is 3.92. The minimum absolute atomic E-state index is 0.441. The monoisotopic (exact) mass is 260 g/mol. The fourth-order valence-corrected chi connectivity index (χ4v) is 3.27. The number of hydrogen-bond acceptors (Lipinski definition) is 3. The van der Waals surface area contributed by atoms with Crippen molar-refractivity contribution < 1.29 is 4.74 Å². The van der Waals surface area contributed by atoms with Crippen molar-refractivity contribution in [3.8, 4) is 5.75 Å². The van der Waals surface area contributed by atoms with E-state index in [4.69, 9.17) is 10.5 Å². The molecule has 1 aromatic carbocycles. The van der Waals surface area contributed by atoms with Crippen molar-refractivity contribution in [1.29, 1.82) is 0 Å². The second-order valence-electron chi connectivity index (χ2n) is 5.90. The summed E-state index contributed by atoms with van der Waals surface area (Å²) < 4.78 is 5.82. The van der Waals surface area contributed by atoms with Gasteiger partial charge in [-0.3, -0.25) is 0 Å². The number of benzene rings is 1. The largest absolute Gasteiger partial charge is 0.491 e. The minimum atomic E-state index is 0.441. The Bertz CT molecular complexity index is 413. The van der Waals surface area contributed by atoms with Gasteiger partial charge in [-0.25, -0.2) is 0 Å². The van der Waals surface area contributed by atoms with Crippen molar-refractivity contribution >= 4 is 5.69 Å². The molecule has 3 nitrogen and oxygen atoms in total. The molecule has 2 aliphatic rings. The van der Waals surface area contributed by atoms with Crippen molar-refractivity contribution in [3.63, 3.8) is 0 Å². The van der Waals surface area contributed by atoms with Gasteiger partial charge in [-0.05, 0) is 50.2 Å². The lowest BCUT2D eigenvalue weighted by Gasteiger charge is -2.32. The lowest BCUT2D eigenvalue weighted by molar-refractivity contribution is 0.318. The van der Waals surface area contributed by atoms with E-state index in [2.05, 4.69) is 29.2 Å². The second-order valence-corrected chi connectivity index (χ2v) is 5.90. The molecule has 0 unspecified atom stereocenters. The first-order valence-electron chi connectivity index (χ1n) is 7.55. The molecule has 0 aromatic heterocycles. The molecule has 1 aliphatic carbocycles.